The first-order chi connectivity index (χ1) is 16.5. The van der Waals surface area contributed by atoms with Gasteiger partial charge in [-0.15, -0.1) is 0 Å². The van der Waals surface area contributed by atoms with E-state index in [-0.39, 0.29) is 17.4 Å². The summed E-state index contributed by atoms with van der Waals surface area (Å²) in [7, 11) is 0. The van der Waals surface area contributed by atoms with E-state index in [0.29, 0.717) is 17.2 Å². The highest BCUT2D eigenvalue weighted by atomic mass is 16.2. The lowest BCUT2D eigenvalue weighted by molar-refractivity contribution is 0.0498. The zero-order chi connectivity index (χ0) is 23.7. The van der Waals surface area contributed by atoms with Gasteiger partial charge in [0, 0.05) is 24.5 Å². The Morgan fingerprint density at radius 2 is 2.00 bits per heavy atom. The maximum absolute atomic E-state index is 13.8. The van der Waals surface area contributed by atoms with Crippen molar-refractivity contribution in [2.75, 3.05) is 6.54 Å². The number of nitrogens with zero attached hydrogens (tertiary/aromatic N) is 6. The molecule has 0 radical (unpaired) electrons. The highest BCUT2D eigenvalue weighted by Crippen LogP contribution is 2.47. The Hall–Kier alpha value is -3.53. The van der Waals surface area contributed by atoms with Crippen LogP contribution >= 0.6 is 0 Å². The first-order valence-electron chi connectivity index (χ1n) is 12.2. The van der Waals surface area contributed by atoms with E-state index in [1.165, 1.54) is 4.80 Å². The highest BCUT2D eigenvalue weighted by Gasteiger charge is 2.45. The van der Waals surface area contributed by atoms with Crippen molar-refractivity contribution in [3.8, 4) is 11.8 Å². The largest absolute Gasteiger partial charge is 0.335 e. The van der Waals surface area contributed by atoms with Crippen LogP contribution in [0.5, 0.6) is 0 Å². The third kappa shape index (κ3) is 4.21. The molecule has 34 heavy (non-hydrogen) atoms. The van der Waals surface area contributed by atoms with Crippen molar-refractivity contribution in [3.63, 3.8) is 0 Å². The number of carbonyl (C=O) groups is 1. The summed E-state index contributed by atoms with van der Waals surface area (Å²) in [5.74, 6) is 0.460. The number of rotatable bonds is 6. The molecule has 1 saturated carbocycles. The van der Waals surface area contributed by atoms with Crippen molar-refractivity contribution in [2.24, 2.45) is 5.92 Å². The molecule has 0 spiro atoms. The number of benzene rings is 1. The summed E-state index contributed by atoms with van der Waals surface area (Å²) in [6.45, 7) is 5.00. The van der Waals surface area contributed by atoms with Gasteiger partial charge in [0.15, 0.2) is 0 Å². The quantitative estimate of drug-likeness (QED) is 0.551. The normalized spacial score (nSPS) is 21.1. The van der Waals surface area contributed by atoms with Gasteiger partial charge in [-0.3, -0.25) is 9.78 Å². The second kappa shape index (κ2) is 9.02. The molecule has 174 valence electrons. The Bertz CT molecular complexity index is 1210. The number of piperidine rings is 1. The first kappa shape index (κ1) is 22.3. The van der Waals surface area contributed by atoms with Crippen molar-refractivity contribution in [1.29, 1.82) is 5.26 Å². The lowest BCUT2D eigenvalue weighted by atomic mass is 9.86. The Morgan fingerprint density at radius 3 is 2.68 bits per heavy atom. The predicted molar refractivity (Wildman–Crippen MR) is 128 cm³/mol. The Balaban J connectivity index is 1.35. The fourth-order valence-corrected chi connectivity index (χ4v) is 5.17. The Labute approximate surface area is 200 Å². The zero-order valence-electron chi connectivity index (χ0n) is 19.8. The monoisotopic (exact) mass is 454 g/mol. The van der Waals surface area contributed by atoms with Crippen LogP contribution in [0.4, 0.5) is 0 Å². The minimum absolute atomic E-state index is 0.0422. The van der Waals surface area contributed by atoms with Gasteiger partial charge in [-0.25, -0.2) is 0 Å². The Morgan fingerprint density at radius 1 is 1.21 bits per heavy atom. The van der Waals surface area contributed by atoms with Gasteiger partial charge in [-0.1, -0.05) is 24.6 Å². The minimum Gasteiger partial charge on any atom is -0.335 e. The van der Waals surface area contributed by atoms with Crippen LogP contribution in [0, 0.1) is 24.2 Å². The van der Waals surface area contributed by atoms with E-state index in [9.17, 15) is 10.1 Å². The van der Waals surface area contributed by atoms with Gasteiger partial charge in [0.1, 0.15) is 0 Å². The van der Waals surface area contributed by atoms with Gasteiger partial charge in [0.05, 0.1) is 35.1 Å². The number of carbonyl (C=O) groups excluding carboxylic acids is 1. The topological polar surface area (TPSA) is 87.7 Å². The molecule has 1 aliphatic heterocycles. The number of amides is 1. The second-order valence-corrected chi connectivity index (χ2v) is 9.80. The average molecular weight is 455 g/mol. The van der Waals surface area contributed by atoms with Crippen molar-refractivity contribution < 1.29 is 4.79 Å². The molecule has 3 aromatic rings. The first-order valence-corrected chi connectivity index (χ1v) is 12.2. The summed E-state index contributed by atoms with van der Waals surface area (Å²) < 4.78 is 0. The van der Waals surface area contributed by atoms with Crippen LogP contribution in [0.1, 0.15) is 66.2 Å². The number of likely N-dealkylation sites (tertiary alicyclic amines) is 1. The number of aryl methyl sites for hydroxylation is 2. The van der Waals surface area contributed by atoms with Gasteiger partial charge < -0.3 is 4.90 Å². The van der Waals surface area contributed by atoms with Crippen molar-refractivity contribution in [3.05, 3.63) is 71.3 Å². The van der Waals surface area contributed by atoms with Crippen molar-refractivity contribution >= 4 is 5.91 Å². The summed E-state index contributed by atoms with van der Waals surface area (Å²) >= 11 is 0. The smallest absolute Gasteiger partial charge is 0.256 e. The standard InChI is InChI=1S/C27H30N6O/c1-19-5-9-25(33-30-13-14-31-33)23(16-19)26(34)32-15-3-4-20(2)24(32)10-8-22-7-6-21(17-29-22)27(18-28)11-12-27/h5-7,9,13-14,16-17,20,24H,3-4,8,10-12,15H2,1-2H3/t20-,24-/m1/s1. The molecular formula is C27H30N6O. The maximum Gasteiger partial charge on any atom is 0.256 e. The van der Waals surface area contributed by atoms with E-state index in [1.54, 1.807) is 12.4 Å². The SMILES string of the molecule is Cc1ccc(-n2nccn2)c(C(=O)N2CCC[C@@H](C)[C@H]2CCc2ccc(C3(C#N)CC3)cn2)c1. The number of nitriles is 1. The van der Waals surface area contributed by atoms with Gasteiger partial charge in [-0.05, 0) is 75.1 Å². The molecule has 1 aliphatic carbocycles. The fourth-order valence-electron chi connectivity index (χ4n) is 5.17. The molecule has 1 amide bonds. The van der Waals surface area contributed by atoms with E-state index < -0.39 is 0 Å². The third-order valence-electron chi connectivity index (χ3n) is 7.43. The van der Waals surface area contributed by atoms with E-state index >= 15 is 0 Å². The van der Waals surface area contributed by atoms with Crippen LogP contribution in [0.3, 0.4) is 0 Å². The van der Waals surface area contributed by atoms with Crippen LogP contribution in [-0.2, 0) is 11.8 Å². The molecule has 1 aromatic carbocycles. The Kier molecular flexibility index (Phi) is 5.91. The summed E-state index contributed by atoms with van der Waals surface area (Å²) in [4.78, 5) is 22.1. The van der Waals surface area contributed by atoms with E-state index in [4.69, 9.17) is 0 Å². The molecule has 3 heterocycles. The molecule has 0 unspecified atom stereocenters. The summed E-state index contributed by atoms with van der Waals surface area (Å²) in [5.41, 5.74) is 4.13. The molecule has 0 bridgehead atoms. The van der Waals surface area contributed by atoms with Crippen molar-refractivity contribution in [2.45, 2.75) is 63.8 Å². The van der Waals surface area contributed by atoms with E-state index in [0.717, 1.165) is 61.9 Å². The van der Waals surface area contributed by atoms with E-state index in [1.807, 2.05) is 31.3 Å². The highest BCUT2D eigenvalue weighted by molar-refractivity contribution is 5.98. The van der Waals surface area contributed by atoms with Gasteiger partial charge in [-0.2, -0.15) is 20.3 Å². The average Bonchev–Trinajstić information content (AvgIpc) is 3.47. The molecule has 2 fully saturated rings. The number of pyridine rings is 1. The van der Waals surface area contributed by atoms with Crippen LogP contribution < -0.4 is 0 Å². The fraction of sp³-hybridized carbons (Fsp3) is 0.444. The molecule has 2 aromatic heterocycles. The van der Waals surface area contributed by atoms with Crippen molar-refractivity contribution in [1.82, 2.24) is 24.9 Å². The zero-order valence-corrected chi connectivity index (χ0v) is 19.8. The van der Waals surface area contributed by atoms with E-state index in [2.05, 4.69) is 45.2 Å². The van der Waals surface area contributed by atoms with Gasteiger partial charge in [0.2, 0.25) is 0 Å². The number of hydrogen-bond donors (Lipinski definition) is 0. The third-order valence-corrected chi connectivity index (χ3v) is 7.43. The number of hydrogen-bond acceptors (Lipinski definition) is 5. The molecule has 2 aliphatic rings. The summed E-state index contributed by atoms with van der Waals surface area (Å²) in [5, 5.41) is 17.9. The predicted octanol–water partition coefficient (Wildman–Crippen LogP) is 4.40. The molecular weight excluding hydrogens is 424 g/mol. The van der Waals surface area contributed by atoms with Crippen LogP contribution in [0.2, 0.25) is 0 Å². The molecule has 7 nitrogen and oxygen atoms in total. The molecule has 2 atom stereocenters. The van der Waals surface area contributed by atoms with Gasteiger partial charge in [0.25, 0.3) is 5.91 Å². The molecule has 5 rings (SSSR count). The van der Waals surface area contributed by atoms with Crippen LogP contribution in [0.25, 0.3) is 5.69 Å². The maximum atomic E-state index is 13.8. The van der Waals surface area contributed by atoms with Crippen LogP contribution in [0.15, 0.2) is 48.9 Å². The molecule has 0 N–H and O–H groups in total. The number of aromatic nitrogens is 4. The molecule has 7 heteroatoms. The van der Waals surface area contributed by atoms with Gasteiger partial charge >= 0.3 is 0 Å². The van der Waals surface area contributed by atoms with Crippen LogP contribution in [-0.4, -0.2) is 43.4 Å². The summed E-state index contributed by atoms with van der Waals surface area (Å²) in [6, 6.07) is 12.5. The molecule has 1 saturated heterocycles. The summed E-state index contributed by atoms with van der Waals surface area (Å²) in [6.07, 6.45) is 10.8. The lowest BCUT2D eigenvalue weighted by Gasteiger charge is -2.40. The lowest BCUT2D eigenvalue weighted by Crippen LogP contribution is -2.48. The minimum atomic E-state index is -0.304. The second-order valence-electron chi connectivity index (χ2n) is 9.80.